The van der Waals surface area contributed by atoms with Crippen molar-refractivity contribution in [3.05, 3.63) is 29.8 Å². The molecule has 150 valence electrons. The molecule has 6 nitrogen and oxygen atoms in total. The Bertz CT molecular complexity index is 942. The molecule has 0 aliphatic carbocycles. The van der Waals surface area contributed by atoms with E-state index in [1.54, 1.807) is 11.3 Å². The fourth-order valence-corrected chi connectivity index (χ4v) is 4.38. The van der Waals surface area contributed by atoms with E-state index in [1.165, 1.54) is 5.56 Å². The number of nitrogens with one attached hydrogen (secondary N) is 1. The minimum absolute atomic E-state index is 0.0777. The van der Waals surface area contributed by atoms with Crippen LogP contribution >= 0.6 is 11.3 Å². The third-order valence-corrected chi connectivity index (χ3v) is 6.06. The molecule has 7 heteroatoms. The van der Waals surface area contributed by atoms with Crippen LogP contribution in [-0.4, -0.2) is 58.3 Å². The molecule has 1 fully saturated rings. The van der Waals surface area contributed by atoms with Crippen LogP contribution in [0.2, 0.25) is 0 Å². The predicted octanol–water partition coefficient (Wildman–Crippen LogP) is 3.98. The summed E-state index contributed by atoms with van der Waals surface area (Å²) in [7, 11) is 2.17. The predicted molar refractivity (Wildman–Crippen MR) is 119 cm³/mol. The molecule has 4 rings (SSSR count). The molecule has 1 saturated heterocycles. The summed E-state index contributed by atoms with van der Waals surface area (Å²) in [6, 6.07) is 8.71. The van der Waals surface area contributed by atoms with Gasteiger partial charge in [0.2, 0.25) is 10.1 Å². The van der Waals surface area contributed by atoms with Crippen molar-refractivity contribution in [3.8, 4) is 11.3 Å². The van der Waals surface area contributed by atoms with Crippen molar-refractivity contribution in [3.63, 3.8) is 0 Å². The number of hydrogen-bond acceptors (Lipinski definition) is 6. The van der Waals surface area contributed by atoms with Crippen molar-refractivity contribution in [2.75, 3.05) is 43.4 Å². The second-order valence-electron chi connectivity index (χ2n) is 8.60. The van der Waals surface area contributed by atoms with Crippen molar-refractivity contribution >= 4 is 27.2 Å². The number of aromatic nitrogens is 3. The average molecular weight is 399 g/mol. The van der Waals surface area contributed by atoms with E-state index in [9.17, 15) is 0 Å². The molecule has 1 N–H and O–H groups in total. The smallest absolute Gasteiger partial charge is 0.216 e. The quantitative estimate of drug-likeness (QED) is 0.720. The molecular formula is C21H30N6S. The van der Waals surface area contributed by atoms with Crippen LogP contribution < -0.4 is 10.2 Å². The molecule has 3 aromatic rings. The summed E-state index contributed by atoms with van der Waals surface area (Å²) in [5.41, 5.74) is 3.36. The van der Waals surface area contributed by atoms with Crippen LogP contribution in [0.3, 0.4) is 0 Å². The van der Waals surface area contributed by atoms with Crippen LogP contribution in [-0.2, 0) is 6.42 Å². The van der Waals surface area contributed by atoms with E-state index >= 15 is 0 Å². The summed E-state index contributed by atoms with van der Waals surface area (Å²) in [4.78, 5) is 10.6. The zero-order valence-corrected chi connectivity index (χ0v) is 18.3. The fourth-order valence-electron chi connectivity index (χ4n) is 3.43. The molecule has 1 aliphatic heterocycles. The van der Waals surface area contributed by atoms with Gasteiger partial charge in [0.25, 0.3) is 0 Å². The Morgan fingerprint density at radius 3 is 2.36 bits per heavy atom. The van der Waals surface area contributed by atoms with Gasteiger partial charge in [-0.05, 0) is 39.8 Å². The van der Waals surface area contributed by atoms with Gasteiger partial charge in [-0.1, -0.05) is 42.5 Å². The maximum Gasteiger partial charge on any atom is 0.216 e. The lowest BCUT2D eigenvalue weighted by molar-refractivity contribution is 0.312. The highest BCUT2D eigenvalue weighted by atomic mass is 32.1. The van der Waals surface area contributed by atoms with Crippen molar-refractivity contribution < 1.29 is 0 Å². The normalized spacial score (nSPS) is 16.1. The highest BCUT2D eigenvalue weighted by Gasteiger charge is 2.24. The van der Waals surface area contributed by atoms with Gasteiger partial charge in [-0.3, -0.25) is 0 Å². The number of likely N-dealkylation sites (N-methyl/N-ethyl adjacent to an activating group) is 1. The third kappa shape index (κ3) is 3.86. The Kier molecular flexibility index (Phi) is 5.05. The van der Waals surface area contributed by atoms with Crippen LogP contribution in [0.1, 0.15) is 33.3 Å². The molecule has 28 heavy (non-hydrogen) atoms. The van der Waals surface area contributed by atoms with E-state index in [-0.39, 0.29) is 5.54 Å². The minimum atomic E-state index is -0.0777. The van der Waals surface area contributed by atoms with E-state index in [4.69, 9.17) is 10.1 Å². The zero-order chi connectivity index (χ0) is 19.9. The van der Waals surface area contributed by atoms with Crippen molar-refractivity contribution in [1.29, 1.82) is 0 Å². The van der Waals surface area contributed by atoms with E-state index in [2.05, 4.69) is 74.1 Å². The fraction of sp³-hybridized carbons (Fsp3) is 0.524. The first-order chi connectivity index (χ1) is 13.3. The van der Waals surface area contributed by atoms with Crippen molar-refractivity contribution in [1.82, 2.24) is 19.5 Å². The Labute approximate surface area is 171 Å². The van der Waals surface area contributed by atoms with E-state index in [0.717, 1.165) is 59.8 Å². The molecule has 0 atom stereocenters. The Balaban J connectivity index is 1.74. The van der Waals surface area contributed by atoms with Gasteiger partial charge in [-0.2, -0.15) is 4.52 Å². The number of piperazine rings is 1. The summed E-state index contributed by atoms with van der Waals surface area (Å²) in [5, 5.41) is 9.64. The first-order valence-electron chi connectivity index (χ1n) is 10.0. The summed E-state index contributed by atoms with van der Waals surface area (Å²) >= 11 is 1.68. The van der Waals surface area contributed by atoms with Gasteiger partial charge in [-0.25, -0.2) is 4.98 Å². The molecule has 0 saturated carbocycles. The van der Waals surface area contributed by atoms with Crippen LogP contribution in [0.4, 0.5) is 10.9 Å². The van der Waals surface area contributed by atoms with Gasteiger partial charge in [0.15, 0.2) is 5.82 Å². The number of hydrogen-bond donors (Lipinski definition) is 1. The van der Waals surface area contributed by atoms with Gasteiger partial charge >= 0.3 is 0 Å². The van der Waals surface area contributed by atoms with E-state index in [0.29, 0.717) is 0 Å². The minimum Gasteiger partial charge on any atom is -0.364 e. The summed E-state index contributed by atoms with van der Waals surface area (Å²) in [5.74, 6) is 0.975. The lowest BCUT2D eigenvalue weighted by Crippen LogP contribution is -2.44. The molecule has 2 aromatic heterocycles. The van der Waals surface area contributed by atoms with Crippen LogP contribution in [0.25, 0.3) is 16.2 Å². The Morgan fingerprint density at radius 2 is 1.75 bits per heavy atom. The summed E-state index contributed by atoms with van der Waals surface area (Å²) < 4.78 is 1.99. The number of benzene rings is 1. The van der Waals surface area contributed by atoms with Gasteiger partial charge in [0.05, 0.1) is 0 Å². The molecule has 0 radical (unpaired) electrons. The average Bonchev–Trinajstić information content (AvgIpc) is 3.21. The molecule has 0 spiro atoms. The summed E-state index contributed by atoms with van der Waals surface area (Å²) in [6.45, 7) is 12.9. The van der Waals surface area contributed by atoms with E-state index in [1.807, 2.05) is 4.52 Å². The first kappa shape index (κ1) is 19.2. The molecule has 1 aliphatic rings. The second kappa shape index (κ2) is 7.37. The van der Waals surface area contributed by atoms with Crippen LogP contribution in [0, 0.1) is 0 Å². The van der Waals surface area contributed by atoms with Gasteiger partial charge in [0.1, 0.15) is 5.69 Å². The highest BCUT2D eigenvalue weighted by molar-refractivity contribution is 7.20. The van der Waals surface area contributed by atoms with Gasteiger partial charge < -0.3 is 15.1 Å². The third-order valence-electron chi connectivity index (χ3n) is 5.10. The lowest BCUT2D eigenvalue weighted by atomic mass is 10.1. The monoisotopic (exact) mass is 398 g/mol. The molecule has 0 unspecified atom stereocenters. The number of nitrogens with zero attached hydrogens (tertiary/aromatic N) is 5. The molecule has 0 bridgehead atoms. The molecule has 3 heterocycles. The maximum absolute atomic E-state index is 4.97. The lowest BCUT2D eigenvalue weighted by Gasteiger charge is -2.31. The first-order valence-corrected chi connectivity index (χ1v) is 10.9. The number of fused-ring (bicyclic) bond motifs is 1. The SMILES string of the molecule is CCc1ccc(-c2nc3sc(N4CCN(C)CC4)nn3c2NC(C)(C)C)cc1. The topological polar surface area (TPSA) is 48.7 Å². The number of rotatable bonds is 4. The molecular weight excluding hydrogens is 368 g/mol. The van der Waals surface area contributed by atoms with Crippen LogP contribution in [0.15, 0.2) is 24.3 Å². The van der Waals surface area contributed by atoms with Gasteiger partial charge in [-0.15, -0.1) is 5.10 Å². The second-order valence-corrected chi connectivity index (χ2v) is 9.54. The largest absolute Gasteiger partial charge is 0.364 e. The summed E-state index contributed by atoms with van der Waals surface area (Å²) in [6.07, 6.45) is 1.04. The van der Waals surface area contributed by atoms with Gasteiger partial charge in [0, 0.05) is 37.3 Å². The number of imidazole rings is 1. The highest BCUT2D eigenvalue weighted by Crippen LogP contribution is 2.35. The zero-order valence-electron chi connectivity index (χ0n) is 17.5. The maximum atomic E-state index is 4.97. The van der Waals surface area contributed by atoms with Crippen molar-refractivity contribution in [2.45, 2.75) is 39.7 Å². The number of anilines is 2. The number of aryl methyl sites for hydroxylation is 1. The molecule has 0 amide bonds. The Hall–Kier alpha value is -2.12. The standard InChI is InChI=1S/C21H30N6S/c1-6-15-7-9-16(10-8-15)17-18(23-21(2,3)4)27-19(22-17)28-20(24-27)26-13-11-25(5)12-14-26/h7-10,23H,6,11-14H2,1-5H3. The Morgan fingerprint density at radius 1 is 1.07 bits per heavy atom. The van der Waals surface area contributed by atoms with Crippen LogP contribution in [0.5, 0.6) is 0 Å². The molecule has 1 aromatic carbocycles. The van der Waals surface area contributed by atoms with E-state index < -0.39 is 0 Å². The van der Waals surface area contributed by atoms with Crippen molar-refractivity contribution in [2.24, 2.45) is 0 Å².